The van der Waals surface area contributed by atoms with E-state index in [4.69, 9.17) is 23.2 Å². The van der Waals surface area contributed by atoms with Gasteiger partial charge in [0.2, 0.25) is 0 Å². The molecule has 1 N–H and O–H groups in total. The number of hydrogen-bond donors (Lipinski definition) is 1. The fourth-order valence-electron chi connectivity index (χ4n) is 2.09. The van der Waals surface area contributed by atoms with Gasteiger partial charge in [0, 0.05) is 17.8 Å². The number of anilines is 3. The highest BCUT2D eigenvalue weighted by molar-refractivity contribution is 6.67. The molecule has 2 heterocycles. The number of amides is 1. The first-order valence-electron chi connectivity index (χ1n) is 5.64. The highest BCUT2D eigenvalue weighted by Crippen LogP contribution is 2.38. The number of hydrogen-bond acceptors (Lipinski definition) is 3. The third-order valence-corrected chi connectivity index (χ3v) is 3.34. The van der Waals surface area contributed by atoms with Crippen LogP contribution >= 0.6 is 23.2 Å². The quantitative estimate of drug-likeness (QED) is 0.586. The van der Waals surface area contributed by atoms with Crippen molar-refractivity contribution in [3.05, 3.63) is 47.1 Å². The molecule has 1 aromatic heterocycles. The third-order valence-electron chi connectivity index (χ3n) is 2.93. The number of carbonyl (C=O) groups excluding carboxylic acids is 1. The molecule has 0 atom stereocenters. The summed E-state index contributed by atoms with van der Waals surface area (Å²) in [5.41, 5.74) is 2.33. The van der Waals surface area contributed by atoms with E-state index in [0.29, 0.717) is 23.1 Å². The minimum absolute atomic E-state index is 0.475. The van der Waals surface area contributed by atoms with Gasteiger partial charge in [0.15, 0.2) is 5.82 Å². The standard InChI is InChI=1S/C13H9Cl2N3O/c14-9-4-3-8-7-17-10-2-1-5-16-12(10)18(13(15)19)11(8)6-9/h1-6,17H,7H2. The summed E-state index contributed by atoms with van der Waals surface area (Å²) < 4.78 is 0. The molecule has 1 amide bonds. The summed E-state index contributed by atoms with van der Waals surface area (Å²) in [6.07, 6.45) is 1.61. The number of halogens is 2. The Morgan fingerprint density at radius 1 is 1.37 bits per heavy atom. The zero-order valence-corrected chi connectivity index (χ0v) is 11.2. The van der Waals surface area contributed by atoms with E-state index in [1.54, 1.807) is 24.4 Å². The Labute approximate surface area is 120 Å². The van der Waals surface area contributed by atoms with Crippen molar-refractivity contribution in [2.24, 2.45) is 0 Å². The lowest BCUT2D eigenvalue weighted by atomic mass is 10.1. The molecule has 0 saturated carbocycles. The van der Waals surface area contributed by atoms with Gasteiger partial charge in [-0.15, -0.1) is 0 Å². The van der Waals surface area contributed by atoms with E-state index in [9.17, 15) is 4.79 Å². The lowest BCUT2D eigenvalue weighted by Gasteiger charge is -2.20. The van der Waals surface area contributed by atoms with Crippen molar-refractivity contribution in [3.8, 4) is 0 Å². The zero-order valence-electron chi connectivity index (χ0n) is 9.73. The van der Waals surface area contributed by atoms with Gasteiger partial charge >= 0.3 is 5.37 Å². The van der Waals surface area contributed by atoms with Crippen molar-refractivity contribution in [2.45, 2.75) is 6.54 Å². The Bertz CT molecular complexity index is 660. The Kier molecular flexibility index (Phi) is 3.05. The topological polar surface area (TPSA) is 45.2 Å². The van der Waals surface area contributed by atoms with E-state index >= 15 is 0 Å². The van der Waals surface area contributed by atoms with Gasteiger partial charge in [0.25, 0.3) is 0 Å². The monoisotopic (exact) mass is 293 g/mol. The molecule has 0 bridgehead atoms. The average molecular weight is 294 g/mol. The predicted molar refractivity (Wildman–Crippen MR) is 76.4 cm³/mol. The molecule has 0 radical (unpaired) electrons. The summed E-state index contributed by atoms with van der Waals surface area (Å²) >= 11 is 11.7. The van der Waals surface area contributed by atoms with E-state index in [2.05, 4.69) is 10.3 Å². The summed E-state index contributed by atoms with van der Waals surface area (Å²) in [6, 6.07) is 9.00. The third kappa shape index (κ3) is 2.13. The van der Waals surface area contributed by atoms with Gasteiger partial charge in [-0.1, -0.05) is 17.7 Å². The van der Waals surface area contributed by atoms with Crippen molar-refractivity contribution < 1.29 is 4.79 Å². The van der Waals surface area contributed by atoms with E-state index in [0.717, 1.165) is 11.3 Å². The Morgan fingerprint density at radius 3 is 3.00 bits per heavy atom. The SMILES string of the molecule is O=C(Cl)N1c2cc(Cl)ccc2CNc2cccnc21. The van der Waals surface area contributed by atoms with Crippen molar-refractivity contribution in [1.82, 2.24) is 4.98 Å². The number of benzene rings is 1. The van der Waals surface area contributed by atoms with E-state index in [1.165, 1.54) is 4.90 Å². The molecule has 0 fully saturated rings. The lowest BCUT2D eigenvalue weighted by Crippen LogP contribution is -2.21. The maximum atomic E-state index is 11.8. The first-order chi connectivity index (χ1) is 9.16. The summed E-state index contributed by atoms with van der Waals surface area (Å²) in [6.45, 7) is 0.575. The molecule has 0 saturated heterocycles. The first-order valence-corrected chi connectivity index (χ1v) is 6.39. The maximum Gasteiger partial charge on any atom is 0.326 e. The molecule has 3 rings (SSSR count). The van der Waals surface area contributed by atoms with Crippen molar-refractivity contribution in [2.75, 3.05) is 10.2 Å². The average Bonchev–Trinajstić information content (AvgIpc) is 2.54. The molecule has 0 aliphatic carbocycles. The van der Waals surface area contributed by atoms with Crippen LogP contribution in [-0.2, 0) is 6.54 Å². The molecule has 0 unspecified atom stereocenters. The van der Waals surface area contributed by atoms with Crippen LogP contribution in [0.3, 0.4) is 0 Å². The zero-order chi connectivity index (χ0) is 13.4. The van der Waals surface area contributed by atoms with Crippen LogP contribution in [0.2, 0.25) is 5.02 Å². The minimum atomic E-state index is -0.618. The summed E-state index contributed by atoms with van der Waals surface area (Å²) in [4.78, 5) is 17.4. The largest absolute Gasteiger partial charge is 0.378 e. The molecular weight excluding hydrogens is 285 g/mol. The first kappa shape index (κ1) is 12.3. The highest BCUT2D eigenvalue weighted by Gasteiger charge is 2.25. The number of rotatable bonds is 0. The fourth-order valence-corrected chi connectivity index (χ4v) is 2.43. The summed E-state index contributed by atoms with van der Waals surface area (Å²) in [5, 5.41) is 3.15. The molecule has 1 aliphatic heterocycles. The molecule has 19 heavy (non-hydrogen) atoms. The lowest BCUT2D eigenvalue weighted by molar-refractivity contribution is 0.266. The number of nitrogens with zero attached hydrogens (tertiary/aromatic N) is 2. The Hall–Kier alpha value is -1.78. The van der Waals surface area contributed by atoms with E-state index < -0.39 is 5.37 Å². The molecule has 1 aliphatic rings. The fraction of sp³-hybridized carbons (Fsp3) is 0.0769. The van der Waals surface area contributed by atoms with Crippen LogP contribution in [0.15, 0.2) is 36.5 Å². The van der Waals surface area contributed by atoms with Gasteiger partial charge in [-0.3, -0.25) is 4.79 Å². The van der Waals surface area contributed by atoms with Crippen LogP contribution in [-0.4, -0.2) is 10.4 Å². The van der Waals surface area contributed by atoms with Gasteiger partial charge in [0.1, 0.15) is 0 Å². The number of carbonyl (C=O) groups is 1. The molecule has 1 aromatic carbocycles. The Balaban J connectivity index is 2.25. The molecule has 4 nitrogen and oxygen atoms in total. The maximum absolute atomic E-state index is 11.8. The van der Waals surface area contributed by atoms with Gasteiger partial charge in [-0.2, -0.15) is 0 Å². The number of aromatic nitrogens is 1. The number of fused-ring (bicyclic) bond motifs is 2. The minimum Gasteiger partial charge on any atom is -0.378 e. The number of nitrogens with one attached hydrogen (secondary N) is 1. The van der Waals surface area contributed by atoms with Crippen molar-refractivity contribution >= 4 is 45.8 Å². The Morgan fingerprint density at radius 2 is 2.21 bits per heavy atom. The number of pyridine rings is 1. The van der Waals surface area contributed by atoms with Gasteiger partial charge in [0.05, 0.1) is 11.4 Å². The van der Waals surface area contributed by atoms with Crippen LogP contribution in [0.4, 0.5) is 22.0 Å². The smallest absolute Gasteiger partial charge is 0.326 e. The molecule has 96 valence electrons. The highest BCUT2D eigenvalue weighted by atomic mass is 35.5. The van der Waals surface area contributed by atoms with Crippen LogP contribution in [0.1, 0.15) is 5.56 Å². The van der Waals surface area contributed by atoms with Crippen LogP contribution in [0.5, 0.6) is 0 Å². The predicted octanol–water partition coefficient (Wildman–Crippen LogP) is 4.16. The molecule has 2 aromatic rings. The van der Waals surface area contributed by atoms with E-state index in [1.807, 2.05) is 12.1 Å². The van der Waals surface area contributed by atoms with Crippen molar-refractivity contribution in [1.29, 1.82) is 0 Å². The van der Waals surface area contributed by atoms with Gasteiger partial charge < -0.3 is 5.32 Å². The van der Waals surface area contributed by atoms with Crippen LogP contribution < -0.4 is 10.2 Å². The second kappa shape index (κ2) is 4.72. The molecular formula is C13H9Cl2N3O. The van der Waals surface area contributed by atoms with Gasteiger partial charge in [-0.05, 0) is 41.4 Å². The summed E-state index contributed by atoms with van der Waals surface area (Å²) in [7, 11) is 0. The van der Waals surface area contributed by atoms with Gasteiger partial charge in [-0.25, -0.2) is 9.88 Å². The normalized spacial score (nSPS) is 13.1. The summed E-state index contributed by atoms with van der Waals surface area (Å²) in [5.74, 6) is 0.475. The van der Waals surface area contributed by atoms with Crippen LogP contribution in [0, 0.1) is 0 Å². The molecule has 0 spiro atoms. The second-order valence-electron chi connectivity index (χ2n) is 4.09. The molecule has 6 heteroatoms. The van der Waals surface area contributed by atoms with Crippen molar-refractivity contribution in [3.63, 3.8) is 0 Å². The van der Waals surface area contributed by atoms with E-state index in [-0.39, 0.29) is 0 Å². The second-order valence-corrected chi connectivity index (χ2v) is 4.85. The van der Waals surface area contributed by atoms with Crippen LogP contribution in [0.25, 0.3) is 0 Å².